The number of aryl methyl sites for hydroxylation is 1. The molecule has 8 heteroatoms. The highest BCUT2D eigenvalue weighted by Gasteiger charge is 2.13. The van der Waals surface area contributed by atoms with Crippen LogP contribution in [-0.2, 0) is 16.1 Å². The van der Waals surface area contributed by atoms with Gasteiger partial charge in [0.1, 0.15) is 0 Å². The lowest BCUT2D eigenvalue weighted by Gasteiger charge is -2.03. The number of hydrogen-bond acceptors (Lipinski definition) is 4. The van der Waals surface area contributed by atoms with Crippen LogP contribution in [0.25, 0.3) is 0 Å². The molecule has 1 rings (SSSR count). The summed E-state index contributed by atoms with van der Waals surface area (Å²) in [4.78, 5) is 22.8. The molecule has 0 bridgehead atoms. The van der Waals surface area contributed by atoms with E-state index in [0.29, 0.717) is 12.2 Å². The lowest BCUT2D eigenvalue weighted by atomic mass is 10.4. The molecule has 0 aliphatic heterocycles. The molecule has 0 radical (unpaired) electrons. The second-order valence-corrected chi connectivity index (χ2v) is 3.71. The van der Waals surface area contributed by atoms with Crippen LogP contribution in [0, 0.1) is 0 Å². The molecule has 0 fully saturated rings. The molecular weight excluding hydrogens is 242 g/mol. The molecule has 0 aliphatic rings. The first kappa shape index (κ1) is 13.1. The van der Waals surface area contributed by atoms with Gasteiger partial charge in [-0.3, -0.25) is 14.3 Å². The summed E-state index contributed by atoms with van der Waals surface area (Å²) in [6, 6.07) is 0. The Bertz CT molecular complexity index is 442. The van der Waals surface area contributed by atoms with E-state index in [4.69, 9.17) is 5.73 Å². The molecule has 0 saturated carbocycles. The first-order chi connectivity index (χ1) is 8.02. The highest BCUT2D eigenvalue weighted by molar-refractivity contribution is 7.80. The number of anilines is 1. The number of carbonyl (C=O) groups is 2. The van der Waals surface area contributed by atoms with Crippen molar-refractivity contribution in [3.8, 4) is 0 Å². The molecule has 1 aromatic rings. The predicted octanol–water partition coefficient (Wildman–Crippen LogP) is -0.756. The number of aromatic nitrogens is 2. The van der Waals surface area contributed by atoms with Gasteiger partial charge in [-0.2, -0.15) is 5.10 Å². The Morgan fingerprint density at radius 2 is 2.24 bits per heavy atom. The molecule has 0 saturated heterocycles. The van der Waals surface area contributed by atoms with E-state index in [0.717, 1.165) is 0 Å². The highest BCUT2D eigenvalue weighted by Crippen LogP contribution is 2.03. The molecule has 92 valence electrons. The average Bonchev–Trinajstić information content (AvgIpc) is 2.73. The monoisotopic (exact) mass is 255 g/mol. The second kappa shape index (κ2) is 5.94. The van der Waals surface area contributed by atoms with Crippen molar-refractivity contribution >= 4 is 34.7 Å². The summed E-state index contributed by atoms with van der Waals surface area (Å²) >= 11 is 4.57. The van der Waals surface area contributed by atoms with E-state index in [-0.39, 0.29) is 11.5 Å². The Morgan fingerprint density at radius 3 is 2.76 bits per heavy atom. The van der Waals surface area contributed by atoms with Crippen LogP contribution in [-0.4, -0.2) is 33.1 Å². The van der Waals surface area contributed by atoms with Crippen molar-refractivity contribution in [2.45, 2.75) is 13.5 Å². The molecule has 0 spiro atoms. The van der Waals surface area contributed by atoms with Crippen LogP contribution in [0.3, 0.4) is 0 Å². The summed E-state index contributed by atoms with van der Waals surface area (Å²) < 4.78 is 1.63. The number of nitrogens with two attached hydrogens (primary N) is 1. The molecule has 17 heavy (non-hydrogen) atoms. The topological polar surface area (TPSA) is 102 Å². The van der Waals surface area contributed by atoms with Crippen molar-refractivity contribution in [3.63, 3.8) is 0 Å². The van der Waals surface area contributed by atoms with Gasteiger partial charge in [0.05, 0.1) is 23.4 Å². The highest BCUT2D eigenvalue weighted by atomic mass is 32.1. The summed E-state index contributed by atoms with van der Waals surface area (Å²) in [6.07, 6.45) is 3.08. The van der Waals surface area contributed by atoms with Crippen molar-refractivity contribution < 1.29 is 9.59 Å². The number of amides is 2. The van der Waals surface area contributed by atoms with E-state index in [2.05, 4.69) is 28.0 Å². The smallest absolute Gasteiger partial charge is 0.313 e. The molecule has 0 unspecified atom stereocenters. The van der Waals surface area contributed by atoms with Gasteiger partial charge in [-0.25, -0.2) is 0 Å². The Kier molecular flexibility index (Phi) is 4.58. The molecule has 4 N–H and O–H groups in total. The number of hydrogen-bond donors (Lipinski definition) is 3. The van der Waals surface area contributed by atoms with Gasteiger partial charge >= 0.3 is 11.8 Å². The predicted molar refractivity (Wildman–Crippen MR) is 66.3 cm³/mol. The van der Waals surface area contributed by atoms with Gasteiger partial charge < -0.3 is 16.4 Å². The summed E-state index contributed by atoms with van der Waals surface area (Å²) in [7, 11) is 0. The van der Waals surface area contributed by atoms with E-state index >= 15 is 0 Å². The molecular formula is C9H13N5O2S. The van der Waals surface area contributed by atoms with Crippen LogP contribution in [0.15, 0.2) is 12.4 Å². The average molecular weight is 255 g/mol. The lowest BCUT2D eigenvalue weighted by Crippen LogP contribution is -2.39. The molecule has 0 aromatic carbocycles. The lowest BCUT2D eigenvalue weighted by molar-refractivity contribution is -0.135. The SMILES string of the molecule is CCn1cc(NC(=O)C(=O)NCC(N)=S)cn1. The Hall–Kier alpha value is -1.96. The number of nitrogens with one attached hydrogen (secondary N) is 2. The first-order valence-corrected chi connectivity index (χ1v) is 5.33. The van der Waals surface area contributed by atoms with E-state index in [1.54, 1.807) is 10.9 Å². The maximum atomic E-state index is 11.4. The van der Waals surface area contributed by atoms with Crippen LogP contribution < -0.4 is 16.4 Å². The second-order valence-electron chi connectivity index (χ2n) is 3.19. The largest absolute Gasteiger partial charge is 0.392 e. The van der Waals surface area contributed by atoms with Gasteiger partial charge in [0.15, 0.2) is 0 Å². The molecule has 7 nitrogen and oxygen atoms in total. The standard InChI is InChI=1S/C9H13N5O2S/c1-2-14-5-6(3-12-14)13-9(16)8(15)11-4-7(10)17/h3,5H,2,4H2,1H3,(H2,10,17)(H,11,15)(H,13,16). The van der Waals surface area contributed by atoms with Crippen LogP contribution in [0.2, 0.25) is 0 Å². The molecule has 1 aromatic heterocycles. The summed E-state index contributed by atoms with van der Waals surface area (Å²) in [5.74, 6) is -1.57. The zero-order valence-corrected chi connectivity index (χ0v) is 10.1. The minimum atomic E-state index is -0.790. The Morgan fingerprint density at radius 1 is 1.53 bits per heavy atom. The van der Waals surface area contributed by atoms with Crippen molar-refractivity contribution in [1.29, 1.82) is 0 Å². The maximum Gasteiger partial charge on any atom is 0.313 e. The Balaban J connectivity index is 2.48. The van der Waals surface area contributed by atoms with Crippen molar-refractivity contribution in [3.05, 3.63) is 12.4 Å². The summed E-state index contributed by atoms with van der Waals surface area (Å²) in [5, 5.41) is 8.63. The maximum absolute atomic E-state index is 11.4. The Labute approximate surface area is 103 Å². The van der Waals surface area contributed by atoms with Crippen molar-refractivity contribution in [2.75, 3.05) is 11.9 Å². The molecule has 2 amide bonds. The third-order valence-electron chi connectivity index (χ3n) is 1.84. The van der Waals surface area contributed by atoms with Gasteiger partial charge in [0, 0.05) is 12.7 Å². The molecule has 0 atom stereocenters. The third kappa shape index (κ3) is 4.19. The quantitative estimate of drug-likeness (QED) is 0.485. The van der Waals surface area contributed by atoms with Gasteiger partial charge in [0.2, 0.25) is 0 Å². The fourth-order valence-electron chi connectivity index (χ4n) is 1.04. The number of rotatable bonds is 4. The van der Waals surface area contributed by atoms with Crippen molar-refractivity contribution in [2.24, 2.45) is 5.73 Å². The van der Waals surface area contributed by atoms with Gasteiger partial charge in [-0.1, -0.05) is 12.2 Å². The number of nitrogens with zero attached hydrogens (tertiary/aromatic N) is 2. The normalized spacial score (nSPS) is 9.71. The molecule has 0 aliphatic carbocycles. The summed E-state index contributed by atoms with van der Waals surface area (Å²) in [6.45, 7) is 2.59. The van der Waals surface area contributed by atoms with Crippen molar-refractivity contribution in [1.82, 2.24) is 15.1 Å². The number of carbonyl (C=O) groups excluding carboxylic acids is 2. The minimum absolute atomic E-state index is 0.00416. The van der Waals surface area contributed by atoms with Crippen LogP contribution in [0.1, 0.15) is 6.92 Å². The fraction of sp³-hybridized carbons (Fsp3) is 0.333. The van der Waals surface area contributed by atoms with E-state index < -0.39 is 11.8 Å². The van der Waals surface area contributed by atoms with Gasteiger partial charge in [-0.15, -0.1) is 0 Å². The fourth-order valence-corrected chi connectivity index (χ4v) is 1.11. The van der Waals surface area contributed by atoms with Crippen LogP contribution in [0.4, 0.5) is 5.69 Å². The summed E-state index contributed by atoms with van der Waals surface area (Å²) in [5.41, 5.74) is 5.65. The first-order valence-electron chi connectivity index (χ1n) is 4.93. The van der Waals surface area contributed by atoms with Crippen LogP contribution in [0.5, 0.6) is 0 Å². The van der Waals surface area contributed by atoms with E-state index in [1.165, 1.54) is 6.20 Å². The van der Waals surface area contributed by atoms with Crippen LogP contribution >= 0.6 is 12.2 Å². The molecule has 1 heterocycles. The minimum Gasteiger partial charge on any atom is -0.392 e. The zero-order chi connectivity index (χ0) is 12.8. The zero-order valence-electron chi connectivity index (χ0n) is 9.27. The third-order valence-corrected chi connectivity index (χ3v) is 1.99. The number of thiocarbonyl (C=S) groups is 1. The van der Waals surface area contributed by atoms with Gasteiger partial charge in [0.25, 0.3) is 0 Å². The van der Waals surface area contributed by atoms with E-state index in [1.807, 2.05) is 6.92 Å². The van der Waals surface area contributed by atoms with E-state index in [9.17, 15) is 9.59 Å². The van der Waals surface area contributed by atoms with Gasteiger partial charge in [-0.05, 0) is 6.92 Å².